The Morgan fingerprint density at radius 3 is 2.82 bits per heavy atom. The third kappa shape index (κ3) is 3.29. The van der Waals surface area contributed by atoms with Gasteiger partial charge in [0.15, 0.2) is 0 Å². The fraction of sp³-hybridized carbons (Fsp3) is 0.379. The minimum absolute atomic E-state index is 0.0217. The molecule has 1 N–H and O–H groups in total. The maximum absolute atomic E-state index is 12.0. The number of nitrogens with zero attached hydrogens (tertiary/aromatic N) is 6. The summed E-state index contributed by atoms with van der Waals surface area (Å²) in [5.74, 6) is 0.166. The van der Waals surface area contributed by atoms with E-state index in [0.29, 0.717) is 0 Å². The number of rotatable bonds is 4. The number of nitrogens with one attached hydrogen (secondary N) is 1. The molecule has 8 nitrogen and oxygen atoms in total. The first-order valence-electron chi connectivity index (χ1n) is 13.1. The fourth-order valence-electron chi connectivity index (χ4n) is 6.80. The van der Waals surface area contributed by atoms with Crippen LogP contribution in [0.2, 0.25) is 0 Å². The van der Waals surface area contributed by atoms with Crippen LogP contribution in [-0.4, -0.2) is 59.0 Å². The van der Waals surface area contributed by atoms with Gasteiger partial charge < -0.3 is 4.90 Å². The number of hydrogen-bond acceptors (Lipinski definition) is 4. The molecule has 2 atom stereocenters. The first-order valence-corrected chi connectivity index (χ1v) is 13.5. The number of aromatic nitrogens is 6. The van der Waals surface area contributed by atoms with E-state index < -0.39 is 0 Å². The molecule has 0 bridgehead atoms. The van der Waals surface area contributed by atoms with Crippen molar-refractivity contribution in [2.24, 2.45) is 18.4 Å². The van der Waals surface area contributed by atoms with Crippen molar-refractivity contribution in [3.8, 4) is 11.3 Å². The highest BCUT2D eigenvalue weighted by atomic mass is 35.5. The summed E-state index contributed by atoms with van der Waals surface area (Å²) >= 11 is 7.15. The summed E-state index contributed by atoms with van der Waals surface area (Å²) in [7, 11) is 1.96. The van der Waals surface area contributed by atoms with Crippen molar-refractivity contribution >= 4 is 40.1 Å². The van der Waals surface area contributed by atoms with E-state index in [1.54, 1.807) is 0 Å². The molecule has 4 heterocycles. The summed E-state index contributed by atoms with van der Waals surface area (Å²) < 4.78 is 4.09. The first-order chi connectivity index (χ1) is 18.3. The van der Waals surface area contributed by atoms with E-state index in [9.17, 15) is 4.79 Å². The Hall–Kier alpha value is -3.65. The fourth-order valence-corrected chi connectivity index (χ4v) is 7.10. The zero-order valence-electron chi connectivity index (χ0n) is 21.8. The number of aryl methyl sites for hydroxylation is 1. The third-order valence-corrected chi connectivity index (χ3v) is 9.40. The number of benzene rings is 1. The van der Waals surface area contributed by atoms with Crippen LogP contribution in [-0.2, 0) is 11.8 Å². The lowest BCUT2D eigenvalue weighted by molar-refractivity contribution is -0.149. The van der Waals surface area contributed by atoms with Crippen LogP contribution in [0.4, 0.5) is 0 Å². The SMILES string of the molecule is C=CC(=O)N1CC2(CC(n3nc(-c4ccc5c(cnn5C)c4)c(C4=c5cn[nH]c5=C[C@H](C)[C@@H]4Cl)c3C)C2)C1. The zero-order valence-corrected chi connectivity index (χ0v) is 22.5. The normalized spacial score (nSPS) is 22.2. The number of halogens is 1. The Labute approximate surface area is 225 Å². The van der Waals surface area contributed by atoms with Crippen molar-refractivity contribution in [2.75, 3.05) is 13.1 Å². The Morgan fingerprint density at radius 2 is 2.05 bits per heavy atom. The van der Waals surface area contributed by atoms with Crippen molar-refractivity contribution in [2.45, 2.75) is 38.1 Å². The summed E-state index contributed by atoms with van der Waals surface area (Å²) in [6, 6.07) is 6.70. The van der Waals surface area contributed by atoms with Gasteiger partial charge in [-0.2, -0.15) is 15.3 Å². The maximum atomic E-state index is 12.0. The number of H-pyrrole nitrogens is 1. The van der Waals surface area contributed by atoms with Crippen LogP contribution in [0.5, 0.6) is 0 Å². The lowest BCUT2D eigenvalue weighted by atomic mass is 9.60. The van der Waals surface area contributed by atoms with Gasteiger partial charge in [0.2, 0.25) is 5.91 Å². The molecule has 1 saturated heterocycles. The number of carbonyl (C=O) groups is 1. The van der Waals surface area contributed by atoms with E-state index in [-0.39, 0.29) is 28.7 Å². The molecule has 38 heavy (non-hydrogen) atoms. The highest BCUT2D eigenvalue weighted by molar-refractivity contribution is 6.27. The molecule has 3 aromatic heterocycles. The summed E-state index contributed by atoms with van der Waals surface area (Å²) in [5, 5.41) is 20.1. The largest absolute Gasteiger partial charge is 0.338 e. The molecule has 194 valence electrons. The lowest BCUT2D eigenvalue weighted by Crippen LogP contribution is -2.63. The summed E-state index contributed by atoms with van der Waals surface area (Å²) in [6.45, 7) is 9.54. The van der Waals surface area contributed by atoms with E-state index in [0.717, 1.165) is 75.5 Å². The molecule has 4 aromatic rings. The smallest absolute Gasteiger partial charge is 0.245 e. The second-order valence-electron chi connectivity index (χ2n) is 11.3. The Morgan fingerprint density at radius 1 is 1.26 bits per heavy atom. The summed E-state index contributed by atoms with van der Waals surface area (Å²) in [6.07, 6.45) is 9.37. The zero-order chi connectivity index (χ0) is 26.3. The average molecular weight is 528 g/mol. The van der Waals surface area contributed by atoms with Crippen LogP contribution in [0.1, 0.15) is 37.1 Å². The quantitative estimate of drug-likeness (QED) is 0.326. The standard InChI is InChI=1S/C29H30ClN7O/c1-5-24(38)36-14-29(15-36)10-20(11-29)37-17(3)25(26-21-13-31-33-22(21)8-16(2)27(26)30)28(34-37)18-6-7-23-19(9-18)12-32-35(23)4/h5-9,12-13,16,20,27,33H,1,10-11,14-15H2,2-4H3/t16-,27-/m0/s1. The molecule has 9 heteroatoms. The third-order valence-electron chi connectivity index (χ3n) is 8.79. The molecule has 2 fully saturated rings. The van der Waals surface area contributed by atoms with Crippen molar-refractivity contribution < 1.29 is 4.79 Å². The lowest BCUT2D eigenvalue weighted by Gasteiger charge is -2.58. The second kappa shape index (κ2) is 8.17. The molecule has 1 saturated carbocycles. The van der Waals surface area contributed by atoms with Crippen LogP contribution in [0.15, 0.2) is 43.2 Å². The van der Waals surface area contributed by atoms with Crippen LogP contribution < -0.4 is 10.6 Å². The monoisotopic (exact) mass is 527 g/mol. The minimum atomic E-state index is -0.199. The molecular formula is C29H30ClN7O. The topological polar surface area (TPSA) is 84.6 Å². The van der Waals surface area contributed by atoms with Crippen molar-refractivity contribution in [1.82, 2.24) is 34.7 Å². The van der Waals surface area contributed by atoms with Crippen LogP contribution in [0, 0.1) is 18.3 Å². The van der Waals surface area contributed by atoms with Gasteiger partial charge in [-0.25, -0.2) is 0 Å². The number of likely N-dealkylation sites (tertiary alicyclic amines) is 1. The number of hydrogen-bond donors (Lipinski definition) is 1. The number of amides is 1. The van der Waals surface area contributed by atoms with Gasteiger partial charge in [-0.1, -0.05) is 25.6 Å². The van der Waals surface area contributed by atoms with Gasteiger partial charge in [0.05, 0.1) is 34.7 Å². The van der Waals surface area contributed by atoms with Gasteiger partial charge in [-0.05, 0) is 49.5 Å². The highest BCUT2D eigenvalue weighted by Gasteiger charge is 2.54. The molecule has 0 unspecified atom stereocenters. The average Bonchev–Trinajstić information content (AvgIpc) is 3.56. The molecule has 1 aromatic carbocycles. The van der Waals surface area contributed by atoms with E-state index in [1.807, 2.05) is 29.0 Å². The van der Waals surface area contributed by atoms with E-state index in [2.05, 4.69) is 64.7 Å². The number of aromatic amines is 1. The maximum Gasteiger partial charge on any atom is 0.245 e. The first kappa shape index (κ1) is 23.5. The number of carbonyl (C=O) groups excluding carboxylic acids is 1. The molecule has 1 amide bonds. The highest BCUT2D eigenvalue weighted by Crippen LogP contribution is 2.55. The van der Waals surface area contributed by atoms with Gasteiger partial charge in [0, 0.05) is 53.0 Å². The van der Waals surface area contributed by atoms with Crippen molar-refractivity contribution in [3.05, 3.63) is 65.1 Å². The Balaban J connectivity index is 1.35. The number of alkyl halides is 1. The summed E-state index contributed by atoms with van der Waals surface area (Å²) in [5.41, 5.74) is 6.55. The second-order valence-corrected chi connectivity index (χ2v) is 11.8. The Bertz CT molecular complexity index is 1740. The molecular weight excluding hydrogens is 498 g/mol. The molecule has 1 spiro atoms. The van der Waals surface area contributed by atoms with Crippen LogP contribution in [0.3, 0.4) is 0 Å². The van der Waals surface area contributed by atoms with Crippen molar-refractivity contribution in [3.63, 3.8) is 0 Å². The van der Waals surface area contributed by atoms with Gasteiger partial charge in [0.1, 0.15) is 5.69 Å². The van der Waals surface area contributed by atoms with Gasteiger partial charge in [-0.15, -0.1) is 11.6 Å². The van der Waals surface area contributed by atoms with Crippen molar-refractivity contribution in [1.29, 1.82) is 0 Å². The van der Waals surface area contributed by atoms with E-state index in [1.165, 1.54) is 6.08 Å². The van der Waals surface area contributed by atoms with Gasteiger partial charge in [-0.3, -0.25) is 19.3 Å². The number of fused-ring (bicyclic) bond motifs is 2. The predicted octanol–water partition coefficient (Wildman–Crippen LogP) is 3.05. The summed E-state index contributed by atoms with van der Waals surface area (Å²) in [4.78, 5) is 13.9. The van der Waals surface area contributed by atoms with E-state index in [4.69, 9.17) is 16.7 Å². The van der Waals surface area contributed by atoms with Crippen LogP contribution >= 0.6 is 11.6 Å². The molecule has 3 aliphatic rings. The van der Waals surface area contributed by atoms with Gasteiger partial charge >= 0.3 is 0 Å². The molecule has 7 rings (SSSR count). The molecule has 1 aliphatic heterocycles. The molecule has 2 aliphatic carbocycles. The molecule has 0 radical (unpaired) electrons. The van der Waals surface area contributed by atoms with E-state index >= 15 is 0 Å². The minimum Gasteiger partial charge on any atom is -0.338 e. The van der Waals surface area contributed by atoms with Gasteiger partial charge in [0.25, 0.3) is 0 Å². The Kier molecular flexibility index (Phi) is 5.05. The van der Waals surface area contributed by atoms with Crippen LogP contribution in [0.25, 0.3) is 33.8 Å². The predicted molar refractivity (Wildman–Crippen MR) is 148 cm³/mol.